The van der Waals surface area contributed by atoms with Crippen LogP contribution in [0.25, 0.3) is 0 Å². The molecule has 0 spiro atoms. The molecule has 4 heteroatoms. The molecule has 1 N–H and O–H groups in total. The average molecular weight is 247 g/mol. The number of halogens is 1. The van der Waals surface area contributed by atoms with Crippen LogP contribution in [0.15, 0.2) is 36.7 Å². The van der Waals surface area contributed by atoms with Crippen molar-refractivity contribution in [2.45, 2.75) is 32.9 Å². The minimum atomic E-state index is -0.191. The van der Waals surface area contributed by atoms with E-state index in [1.54, 1.807) is 6.20 Å². The molecule has 96 valence electrons. The first-order valence-electron chi connectivity index (χ1n) is 6.17. The molecule has 0 aliphatic rings. The Balaban J connectivity index is 1.97. The van der Waals surface area contributed by atoms with Gasteiger partial charge in [0.25, 0.3) is 0 Å². The second kappa shape index (κ2) is 5.67. The molecule has 0 aliphatic heterocycles. The third kappa shape index (κ3) is 3.32. The lowest BCUT2D eigenvalue weighted by Crippen LogP contribution is -2.15. The molecule has 0 unspecified atom stereocenters. The average Bonchev–Trinajstić information content (AvgIpc) is 2.75. The Bertz CT molecular complexity index is 488. The van der Waals surface area contributed by atoms with E-state index in [1.165, 1.54) is 12.1 Å². The Morgan fingerprint density at radius 2 is 2.00 bits per heavy atom. The lowest BCUT2D eigenvalue weighted by Gasteiger charge is -2.12. The Labute approximate surface area is 107 Å². The quantitative estimate of drug-likeness (QED) is 0.880. The van der Waals surface area contributed by atoms with Gasteiger partial charge in [0.15, 0.2) is 0 Å². The monoisotopic (exact) mass is 247 g/mol. The molecule has 1 aromatic carbocycles. The van der Waals surface area contributed by atoms with E-state index in [9.17, 15) is 4.39 Å². The van der Waals surface area contributed by atoms with Gasteiger partial charge in [-0.25, -0.2) is 9.37 Å². The van der Waals surface area contributed by atoms with E-state index in [1.807, 2.05) is 18.3 Å². The highest BCUT2D eigenvalue weighted by Crippen LogP contribution is 2.09. The van der Waals surface area contributed by atoms with Crippen LogP contribution in [0.3, 0.4) is 0 Å². The van der Waals surface area contributed by atoms with Crippen LogP contribution in [0.5, 0.6) is 0 Å². The highest BCUT2D eigenvalue weighted by atomic mass is 19.1. The third-order valence-corrected chi connectivity index (χ3v) is 2.69. The summed E-state index contributed by atoms with van der Waals surface area (Å²) >= 11 is 0. The van der Waals surface area contributed by atoms with Crippen LogP contribution in [0.4, 0.5) is 10.3 Å². The maximum atomic E-state index is 12.8. The number of benzene rings is 1. The Morgan fingerprint density at radius 1 is 1.28 bits per heavy atom. The van der Waals surface area contributed by atoms with Gasteiger partial charge in [-0.05, 0) is 38.0 Å². The zero-order chi connectivity index (χ0) is 13.0. The topological polar surface area (TPSA) is 29.9 Å². The molecule has 18 heavy (non-hydrogen) atoms. The zero-order valence-corrected chi connectivity index (χ0v) is 10.7. The summed E-state index contributed by atoms with van der Waals surface area (Å²) in [7, 11) is 0. The van der Waals surface area contributed by atoms with Gasteiger partial charge < -0.3 is 9.88 Å². The number of aromatic nitrogens is 2. The minimum Gasteiger partial charge on any atom is -0.353 e. The van der Waals surface area contributed by atoms with Gasteiger partial charge in [0.2, 0.25) is 5.95 Å². The number of aryl methyl sites for hydroxylation is 2. The van der Waals surface area contributed by atoms with Gasteiger partial charge in [-0.1, -0.05) is 12.1 Å². The van der Waals surface area contributed by atoms with Gasteiger partial charge in [0, 0.05) is 25.0 Å². The maximum absolute atomic E-state index is 12.8. The van der Waals surface area contributed by atoms with Gasteiger partial charge in [-0.15, -0.1) is 0 Å². The standard InChI is InChI=1S/C14H18FN3/c1-11(2)17-14-16-8-10-18(14)9-7-12-3-5-13(15)6-4-12/h3-6,8,10-11H,7,9H2,1-2H3,(H,16,17). The van der Waals surface area contributed by atoms with Crippen LogP contribution in [0.2, 0.25) is 0 Å². The second-order valence-electron chi connectivity index (χ2n) is 4.62. The first kappa shape index (κ1) is 12.6. The molecule has 0 saturated carbocycles. The molecule has 2 aromatic rings. The van der Waals surface area contributed by atoms with Crippen molar-refractivity contribution >= 4 is 5.95 Å². The van der Waals surface area contributed by atoms with Crippen LogP contribution in [0, 0.1) is 5.82 Å². The minimum absolute atomic E-state index is 0.191. The highest BCUT2D eigenvalue weighted by molar-refractivity contribution is 5.27. The van der Waals surface area contributed by atoms with Crippen molar-refractivity contribution in [2.24, 2.45) is 0 Å². The van der Waals surface area contributed by atoms with E-state index in [4.69, 9.17) is 0 Å². The van der Waals surface area contributed by atoms with E-state index in [2.05, 4.69) is 28.7 Å². The molecule has 2 rings (SSSR count). The van der Waals surface area contributed by atoms with Gasteiger partial charge in [0.05, 0.1) is 0 Å². The van der Waals surface area contributed by atoms with Gasteiger partial charge in [-0.2, -0.15) is 0 Å². The SMILES string of the molecule is CC(C)Nc1nccn1CCc1ccc(F)cc1. The van der Waals surface area contributed by atoms with Crippen LogP contribution >= 0.6 is 0 Å². The molecule has 0 atom stereocenters. The fourth-order valence-electron chi connectivity index (χ4n) is 1.79. The summed E-state index contributed by atoms with van der Waals surface area (Å²) in [5.74, 6) is 0.690. The van der Waals surface area contributed by atoms with Gasteiger partial charge in [-0.3, -0.25) is 0 Å². The summed E-state index contributed by atoms with van der Waals surface area (Å²) in [4.78, 5) is 4.27. The van der Waals surface area contributed by atoms with Crippen molar-refractivity contribution in [2.75, 3.05) is 5.32 Å². The summed E-state index contributed by atoms with van der Waals surface area (Å²) in [6, 6.07) is 6.99. The number of nitrogens with one attached hydrogen (secondary N) is 1. The van der Waals surface area contributed by atoms with E-state index in [-0.39, 0.29) is 5.82 Å². The summed E-state index contributed by atoms with van der Waals surface area (Å²) < 4.78 is 14.9. The van der Waals surface area contributed by atoms with Crippen molar-refractivity contribution < 1.29 is 4.39 Å². The molecule has 0 radical (unpaired) electrons. The van der Waals surface area contributed by atoms with E-state index >= 15 is 0 Å². The predicted octanol–water partition coefficient (Wildman–Crippen LogP) is 3.09. The van der Waals surface area contributed by atoms with Crippen LogP contribution < -0.4 is 5.32 Å². The van der Waals surface area contributed by atoms with Crippen LogP contribution in [0.1, 0.15) is 19.4 Å². The van der Waals surface area contributed by atoms with E-state index < -0.39 is 0 Å². The van der Waals surface area contributed by atoms with E-state index in [0.29, 0.717) is 6.04 Å². The van der Waals surface area contributed by atoms with E-state index in [0.717, 1.165) is 24.5 Å². The fraction of sp³-hybridized carbons (Fsp3) is 0.357. The number of imidazole rings is 1. The van der Waals surface area contributed by atoms with Crippen molar-refractivity contribution in [3.8, 4) is 0 Å². The number of rotatable bonds is 5. The maximum Gasteiger partial charge on any atom is 0.202 e. The molecule has 0 amide bonds. The predicted molar refractivity (Wildman–Crippen MR) is 71.1 cm³/mol. The number of anilines is 1. The third-order valence-electron chi connectivity index (χ3n) is 2.69. The molecule has 1 aromatic heterocycles. The van der Waals surface area contributed by atoms with Crippen LogP contribution in [-0.4, -0.2) is 15.6 Å². The van der Waals surface area contributed by atoms with Gasteiger partial charge in [0.1, 0.15) is 5.82 Å². The first-order valence-corrected chi connectivity index (χ1v) is 6.17. The summed E-state index contributed by atoms with van der Waals surface area (Å²) in [6.45, 7) is 5.00. The molecule has 0 bridgehead atoms. The molecule has 1 heterocycles. The first-order chi connectivity index (χ1) is 8.65. The molecule has 0 fully saturated rings. The fourth-order valence-corrected chi connectivity index (χ4v) is 1.79. The van der Waals surface area contributed by atoms with Crippen molar-refractivity contribution in [3.63, 3.8) is 0 Å². The van der Waals surface area contributed by atoms with Crippen molar-refractivity contribution in [1.29, 1.82) is 0 Å². The zero-order valence-electron chi connectivity index (χ0n) is 10.7. The lowest BCUT2D eigenvalue weighted by molar-refractivity contribution is 0.625. The van der Waals surface area contributed by atoms with Crippen molar-refractivity contribution in [1.82, 2.24) is 9.55 Å². The smallest absolute Gasteiger partial charge is 0.202 e. The van der Waals surface area contributed by atoms with Crippen LogP contribution in [-0.2, 0) is 13.0 Å². The number of hydrogen-bond acceptors (Lipinski definition) is 2. The van der Waals surface area contributed by atoms with Gasteiger partial charge >= 0.3 is 0 Å². The summed E-state index contributed by atoms with van der Waals surface area (Å²) in [5, 5.41) is 3.29. The summed E-state index contributed by atoms with van der Waals surface area (Å²) in [5.41, 5.74) is 1.13. The molecule has 0 saturated heterocycles. The van der Waals surface area contributed by atoms with Crippen molar-refractivity contribution in [3.05, 3.63) is 48.0 Å². The Morgan fingerprint density at radius 3 is 2.67 bits per heavy atom. The Kier molecular flexibility index (Phi) is 3.97. The largest absolute Gasteiger partial charge is 0.353 e. The number of hydrogen-bond donors (Lipinski definition) is 1. The Hall–Kier alpha value is -1.84. The number of nitrogens with zero attached hydrogens (tertiary/aromatic N) is 2. The molecule has 0 aliphatic carbocycles. The second-order valence-corrected chi connectivity index (χ2v) is 4.62. The molecular formula is C14H18FN3. The molecule has 3 nitrogen and oxygen atoms in total. The normalized spacial score (nSPS) is 10.9. The highest BCUT2D eigenvalue weighted by Gasteiger charge is 2.04. The summed E-state index contributed by atoms with van der Waals surface area (Å²) in [6.07, 6.45) is 4.60. The lowest BCUT2D eigenvalue weighted by atomic mass is 10.1. The molecular weight excluding hydrogens is 229 g/mol.